The molecule has 0 spiro atoms. The van der Waals surface area contributed by atoms with Crippen molar-refractivity contribution in [1.82, 2.24) is 9.97 Å². The summed E-state index contributed by atoms with van der Waals surface area (Å²) in [6.45, 7) is 2.26. The monoisotopic (exact) mass is 304 g/mol. The Balaban J connectivity index is 1.98. The van der Waals surface area contributed by atoms with Crippen molar-refractivity contribution in [1.29, 1.82) is 0 Å². The lowest BCUT2D eigenvalue weighted by molar-refractivity contribution is 0.174. The van der Waals surface area contributed by atoms with Crippen LogP contribution in [-0.4, -0.2) is 16.8 Å². The lowest BCUT2D eigenvalue weighted by Crippen LogP contribution is -1.92. The molecule has 3 aromatic rings. The van der Waals surface area contributed by atoms with Gasteiger partial charge >= 0.3 is 0 Å². The normalized spacial score (nSPS) is 13.1. The first-order valence-electron chi connectivity index (χ1n) is 6.04. The summed E-state index contributed by atoms with van der Waals surface area (Å²) in [6.07, 6.45) is 0. The Morgan fingerprint density at radius 2 is 2.00 bits per heavy atom. The Hall–Kier alpha value is -1.85. The van der Waals surface area contributed by atoms with Gasteiger partial charge in [-0.3, -0.25) is 0 Å². The molecule has 0 atom stereocenters. The number of nitrogens with zero attached hydrogens (tertiary/aromatic N) is 2. The van der Waals surface area contributed by atoms with E-state index in [-0.39, 0.29) is 6.79 Å². The van der Waals surface area contributed by atoms with Gasteiger partial charge in [0.05, 0.1) is 10.4 Å². The Morgan fingerprint density at radius 1 is 1.20 bits per heavy atom. The predicted molar refractivity (Wildman–Crippen MR) is 78.7 cm³/mol. The molecular weight excluding hydrogens is 296 g/mol. The van der Waals surface area contributed by atoms with Gasteiger partial charge in [0.25, 0.3) is 0 Å². The van der Waals surface area contributed by atoms with Crippen LogP contribution in [0.4, 0.5) is 0 Å². The number of aryl methyl sites for hydroxylation is 1. The van der Waals surface area contributed by atoms with Crippen LogP contribution in [0.1, 0.15) is 5.56 Å². The molecule has 0 N–H and O–H groups in total. The second-order valence-corrected chi connectivity index (χ2v) is 5.77. The van der Waals surface area contributed by atoms with Crippen molar-refractivity contribution >= 4 is 33.8 Å². The summed E-state index contributed by atoms with van der Waals surface area (Å²) in [7, 11) is 0. The molecule has 6 heteroatoms. The van der Waals surface area contributed by atoms with Crippen molar-refractivity contribution in [3.8, 4) is 22.2 Å². The molecule has 100 valence electrons. The van der Waals surface area contributed by atoms with E-state index >= 15 is 0 Å². The Morgan fingerprint density at radius 3 is 2.75 bits per heavy atom. The van der Waals surface area contributed by atoms with Gasteiger partial charge in [0.1, 0.15) is 5.15 Å². The van der Waals surface area contributed by atoms with E-state index in [9.17, 15) is 0 Å². The maximum Gasteiger partial charge on any atom is 0.231 e. The van der Waals surface area contributed by atoms with Gasteiger partial charge in [-0.05, 0) is 30.0 Å². The van der Waals surface area contributed by atoms with Gasteiger partial charge in [-0.2, -0.15) is 0 Å². The molecule has 20 heavy (non-hydrogen) atoms. The van der Waals surface area contributed by atoms with Crippen molar-refractivity contribution in [3.05, 3.63) is 34.3 Å². The van der Waals surface area contributed by atoms with Crippen LogP contribution >= 0.6 is 22.9 Å². The SMILES string of the molecule is Cc1ccsc1-c1nc(Cl)c2cc3c(cc2n1)OCO3. The van der Waals surface area contributed by atoms with Crippen molar-refractivity contribution < 1.29 is 9.47 Å². The van der Waals surface area contributed by atoms with E-state index in [1.54, 1.807) is 11.3 Å². The van der Waals surface area contributed by atoms with E-state index in [1.165, 1.54) is 0 Å². The van der Waals surface area contributed by atoms with E-state index in [0.29, 0.717) is 22.5 Å². The summed E-state index contributed by atoms with van der Waals surface area (Å²) in [5, 5.41) is 3.22. The van der Waals surface area contributed by atoms with Gasteiger partial charge in [0.15, 0.2) is 17.3 Å². The van der Waals surface area contributed by atoms with Crippen LogP contribution in [0.3, 0.4) is 0 Å². The first-order chi connectivity index (χ1) is 9.72. The minimum atomic E-state index is 0.230. The highest BCUT2D eigenvalue weighted by molar-refractivity contribution is 7.13. The zero-order valence-corrected chi connectivity index (χ0v) is 12.1. The van der Waals surface area contributed by atoms with E-state index in [1.807, 2.05) is 30.5 Å². The third-order valence-corrected chi connectivity index (χ3v) is 4.51. The summed E-state index contributed by atoms with van der Waals surface area (Å²) in [4.78, 5) is 10.0. The van der Waals surface area contributed by atoms with Gasteiger partial charge in [-0.15, -0.1) is 11.3 Å². The van der Waals surface area contributed by atoms with Crippen LogP contribution in [0, 0.1) is 6.92 Å². The number of fused-ring (bicyclic) bond motifs is 2. The Bertz CT molecular complexity index is 831. The van der Waals surface area contributed by atoms with Crippen LogP contribution < -0.4 is 9.47 Å². The highest BCUT2D eigenvalue weighted by Gasteiger charge is 2.18. The fourth-order valence-electron chi connectivity index (χ4n) is 2.18. The van der Waals surface area contributed by atoms with Crippen molar-refractivity contribution in [2.24, 2.45) is 0 Å². The number of thiophene rings is 1. The quantitative estimate of drug-likeness (QED) is 0.636. The summed E-state index contributed by atoms with van der Waals surface area (Å²) >= 11 is 7.90. The zero-order valence-electron chi connectivity index (χ0n) is 10.5. The highest BCUT2D eigenvalue weighted by atomic mass is 35.5. The maximum absolute atomic E-state index is 6.29. The maximum atomic E-state index is 6.29. The average molecular weight is 305 g/mol. The van der Waals surface area contributed by atoms with Crippen LogP contribution in [0.15, 0.2) is 23.6 Å². The van der Waals surface area contributed by atoms with E-state index in [2.05, 4.69) is 9.97 Å². The number of benzene rings is 1. The molecule has 0 bridgehead atoms. The minimum Gasteiger partial charge on any atom is -0.454 e. The fraction of sp³-hybridized carbons (Fsp3) is 0.143. The van der Waals surface area contributed by atoms with Crippen LogP contribution in [0.2, 0.25) is 5.15 Å². The number of hydrogen-bond acceptors (Lipinski definition) is 5. The smallest absolute Gasteiger partial charge is 0.231 e. The van der Waals surface area contributed by atoms with Gasteiger partial charge in [-0.1, -0.05) is 11.6 Å². The third kappa shape index (κ3) is 1.74. The molecule has 0 saturated carbocycles. The standard InChI is InChI=1S/C14H9ClN2O2S/c1-7-2-3-20-12(7)14-16-9-5-11-10(18-6-19-11)4-8(9)13(15)17-14/h2-5H,6H2,1H3. The summed E-state index contributed by atoms with van der Waals surface area (Å²) in [5.41, 5.74) is 1.91. The molecule has 0 amide bonds. The first-order valence-corrected chi connectivity index (χ1v) is 7.29. The van der Waals surface area contributed by atoms with Crippen molar-refractivity contribution in [2.75, 3.05) is 6.79 Å². The first kappa shape index (κ1) is 11.9. The van der Waals surface area contributed by atoms with Crippen LogP contribution in [-0.2, 0) is 0 Å². The summed E-state index contributed by atoms with van der Waals surface area (Å²) in [6, 6.07) is 5.71. The molecule has 4 rings (SSSR count). The minimum absolute atomic E-state index is 0.230. The molecule has 1 aliphatic heterocycles. The molecule has 0 aliphatic carbocycles. The molecule has 0 saturated heterocycles. The fourth-order valence-corrected chi connectivity index (χ4v) is 3.27. The molecule has 0 radical (unpaired) electrons. The Kier molecular flexibility index (Phi) is 2.58. The molecule has 1 aliphatic rings. The number of ether oxygens (including phenoxy) is 2. The largest absolute Gasteiger partial charge is 0.454 e. The van der Waals surface area contributed by atoms with Crippen LogP contribution in [0.25, 0.3) is 21.6 Å². The number of hydrogen-bond donors (Lipinski definition) is 0. The molecule has 3 heterocycles. The topological polar surface area (TPSA) is 44.2 Å². The molecular formula is C14H9ClN2O2S. The molecule has 0 fully saturated rings. The molecule has 2 aromatic heterocycles. The summed E-state index contributed by atoms with van der Waals surface area (Å²) < 4.78 is 10.7. The second kappa shape index (κ2) is 4.33. The number of rotatable bonds is 1. The van der Waals surface area contributed by atoms with Crippen molar-refractivity contribution in [2.45, 2.75) is 6.92 Å². The average Bonchev–Trinajstić information content (AvgIpc) is 3.04. The van der Waals surface area contributed by atoms with E-state index in [4.69, 9.17) is 21.1 Å². The molecule has 0 unspecified atom stereocenters. The van der Waals surface area contributed by atoms with Crippen LogP contribution in [0.5, 0.6) is 11.5 Å². The lowest BCUT2D eigenvalue weighted by Gasteiger charge is -2.05. The number of aromatic nitrogens is 2. The lowest BCUT2D eigenvalue weighted by atomic mass is 10.2. The molecule has 1 aromatic carbocycles. The Labute approximate surface area is 124 Å². The zero-order chi connectivity index (χ0) is 13.7. The predicted octanol–water partition coefficient (Wildman–Crippen LogP) is 4.05. The van der Waals surface area contributed by atoms with Crippen molar-refractivity contribution in [3.63, 3.8) is 0 Å². The molecule has 4 nitrogen and oxygen atoms in total. The van der Waals surface area contributed by atoms with Gasteiger partial charge < -0.3 is 9.47 Å². The van der Waals surface area contributed by atoms with E-state index < -0.39 is 0 Å². The summed E-state index contributed by atoms with van der Waals surface area (Å²) in [5.74, 6) is 2.03. The van der Waals surface area contributed by atoms with Gasteiger partial charge in [0.2, 0.25) is 6.79 Å². The van der Waals surface area contributed by atoms with E-state index in [0.717, 1.165) is 21.3 Å². The third-order valence-electron chi connectivity index (χ3n) is 3.21. The second-order valence-electron chi connectivity index (χ2n) is 4.49. The van der Waals surface area contributed by atoms with Gasteiger partial charge in [0, 0.05) is 11.5 Å². The van der Waals surface area contributed by atoms with Gasteiger partial charge in [-0.25, -0.2) is 9.97 Å². The number of halogens is 1. The highest BCUT2D eigenvalue weighted by Crippen LogP contribution is 2.38.